The monoisotopic (exact) mass is 267 g/mol. The highest BCUT2D eigenvalue weighted by atomic mass is 79.9. The van der Waals surface area contributed by atoms with Crippen molar-refractivity contribution in [2.45, 2.75) is 6.04 Å². The van der Waals surface area contributed by atoms with Crippen molar-refractivity contribution in [3.63, 3.8) is 0 Å². The molecule has 0 saturated carbocycles. The lowest BCUT2D eigenvalue weighted by Crippen LogP contribution is -2.39. The van der Waals surface area contributed by atoms with Crippen LogP contribution in [0.1, 0.15) is 5.56 Å². The lowest BCUT2D eigenvalue weighted by atomic mass is 10.1. The Balaban J connectivity index is 1.95. The number of nitrogens with one attached hydrogen (secondary N) is 1. The van der Waals surface area contributed by atoms with Crippen molar-refractivity contribution in [3.05, 3.63) is 40.4 Å². The third-order valence-electron chi connectivity index (χ3n) is 2.34. The maximum absolute atomic E-state index is 5.37. The van der Waals surface area contributed by atoms with Crippen LogP contribution < -0.4 is 5.32 Å². The summed E-state index contributed by atoms with van der Waals surface area (Å²) in [5.41, 5.74) is 1.21. The number of benzene rings is 1. The van der Waals surface area contributed by atoms with Crippen LogP contribution in [-0.4, -0.2) is 25.8 Å². The van der Waals surface area contributed by atoms with Crippen LogP contribution in [0.5, 0.6) is 0 Å². The highest BCUT2D eigenvalue weighted by molar-refractivity contribution is 9.10. The van der Waals surface area contributed by atoms with Gasteiger partial charge in [-0.25, -0.2) is 0 Å². The molecular weight excluding hydrogens is 254 g/mol. The van der Waals surface area contributed by atoms with Gasteiger partial charge in [-0.1, -0.05) is 40.2 Å². The smallest absolute Gasteiger partial charge is 0.0656 e. The molecule has 1 atom stereocenters. The summed E-state index contributed by atoms with van der Waals surface area (Å²) < 4.78 is 6.48. The maximum atomic E-state index is 5.37. The van der Waals surface area contributed by atoms with Crippen LogP contribution in [0.3, 0.4) is 0 Å². The Morgan fingerprint density at radius 3 is 2.80 bits per heavy atom. The Hall–Kier alpha value is -0.640. The van der Waals surface area contributed by atoms with Crippen molar-refractivity contribution in [2.75, 3.05) is 19.8 Å². The zero-order valence-electron chi connectivity index (χ0n) is 8.45. The van der Waals surface area contributed by atoms with Crippen molar-refractivity contribution in [2.24, 2.45) is 0 Å². The Morgan fingerprint density at radius 1 is 1.33 bits per heavy atom. The first-order valence-corrected chi connectivity index (χ1v) is 5.89. The van der Waals surface area contributed by atoms with Gasteiger partial charge >= 0.3 is 0 Å². The molecule has 15 heavy (non-hydrogen) atoms. The summed E-state index contributed by atoms with van der Waals surface area (Å²) in [6.45, 7) is 2.53. The van der Waals surface area contributed by atoms with Crippen LogP contribution in [0.25, 0.3) is 6.08 Å². The van der Waals surface area contributed by atoms with E-state index in [9.17, 15) is 0 Å². The van der Waals surface area contributed by atoms with Gasteiger partial charge in [0.2, 0.25) is 0 Å². The minimum atomic E-state index is 0.349. The van der Waals surface area contributed by atoms with E-state index < -0.39 is 0 Å². The van der Waals surface area contributed by atoms with Gasteiger partial charge in [-0.05, 0) is 17.7 Å². The van der Waals surface area contributed by atoms with Crippen LogP contribution in [0.2, 0.25) is 0 Å². The van der Waals surface area contributed by atoms with Crippen LogP contribution in [0.15, 0.2) is 34.8 Å². The third-order valence-corrected chi connectivity index (χ3v) is 2.87. The maximum Gasteiger partial charge on any atom is 0.0656 e. The first kappa shape index (κ1) is 10.9. The Kier molecular flexibility index (Phi) is 3.94. The zero-order chi connectivity index (χ0) is 10.5. The standard InChI is InChI=1S/C12H14BrNO/c13-11-4-1-10(2-5-11)3-6-12-9-15-8-7-14-12/h1-6,12,14H,7-9H2/b6-3+. The molecule has 2 nitrogen and oxygen atoms in total. The van der Waals surface area contributed by atoms with Gasteiger partial charge in [0.05, 0.1) is 13.2 Å². The normalized spacial score (nSPS) is 22.1. The average molecular weight is 268 g/mol. The van der Waals surface area contributed by atoms with Gasteiger partial charge < -0.3 is 10.1 Å². The predicted molar refractivity (Wildman–Crippen MR) is 65.8 cm³/mol. The molecule has 0 aliphatic carbocycles. The first-order chi connectivity index (χ1) is 7.34. The van der Waals surface area contributed by atoms with E-state index in [2.05, 4.69) is 45.5 Å². The minimum Gasteiger partial charge on any atom is -0.378 e. The molecule has 1 saturated heterocycles. The number of hydrogen-bond donors (Lipinski definition) is 1. The van der Waals surface area contributed by atoms with E-state index in [-0.39, 0.29) is 0 Å². The Morgan fingerprint density at radius 2 is 2.13 bits per heavy atom. The van der Waals surface area contributed by atoms with Gasteiger partial charge in [0, 0.05) is 17.1 Å². The molecule has 0 bridgehead atoms. The molecular formula is C12H14BrNO. The molecule has 0 spiro atoms. The lowest BCUT2D eigenvalue weighted by molar-refractivity contribution is 0.0903. The quantitative estimate of drug-likeness (QED) is 0.889. The summed E-state index contributed by atoms with van der Waals surface area (Å²) in [7, 11) is 0. The minimum absolute atomic E-state index is 0.349. The number of ether oxygens (including phenoxy) is 1. The second kappa shape index (κ2) is 5.45. The fourth-order valence-corrected chi connectivity index (χ4v) is 1.77. The summed E-state index contributed by atoms with van der Waals surface area (Å²) in [6.07, 6.45) is 4.28. The summed E-state index contributed by atoms with van der Waals surface area (Å²) in [5, 5.41) is 3.38. The SMILES string of the molecule is Brc1ccc(/C=C/C2COCCN2)cc1. The molecule has 1 N–H and O–H groups in total. The molecule has 2 rings (SSSR count). The van der Waals surface area contributed by atoms with Crippen molar-refractivity contribution in [3.8, 4) is 0 Å². The Labute approximate surface area is 98.5 Å². The van der Waals surface area contributed by atoms with E-state index in [0.29, 0.717) is 6.04 Å². The molecule has 3 heteroatoms. The largest absolute Gasteiger partial charge is 0.378 e. The van der Waals surface area contributed by atoms with Gasteiger partial charge in [-0.3, -0.25) is 0 Å². The van der Waals surface area contributed by atoms with Gasteiger partial charge in [-0.2, -0.15) is 0 Å². The van der Waals surface area contributed by atoms with Crippen molar-refractivity contribution >= 4 is 22.0 Å². The number of hydrogen-bond acceptors (Lipinski definition) is 2. The molecule has 1 fully saturated rings. The second-order valence-corrected chi connectivity index (χ2v) is 4.46. The fraction of sp³-hybridized carbons (Fsp3) is 0.333. The molecule has 1 unspecified atom stereocenters. The molecule has 1 aliphatic heterocycles. The first-order valence-electron chi connectivity index (χ1n) is 5.09. The number of rotatable bonds is 2. The highest BCUT2D eigenvalue weighted by Crippen LogP contribution is 2.11. The molecule has 0 amide bonds. The van der Waals surface area contributed by atoms with Gasteiger partial charge in [-0.15, -0.1) is 0 Å². The molecule has 1 aliphatic rings. The number of morpholine rings is 1. The fourth-order valence-electron chi connectivity index (χ4n) is 1.51. The topological polar surface area (TPSA) is 21.3 Å². The van der Waals surface area contributed by atoms with Crippen LogP contribution in [-0.2, 0) is 4.74 Å². The lowest BCUT2D eigenvalue weighted by Gasteiger charge is -2.20. The van der Waals surface area contributed by atoms with Gasteiger partial charge in [0.25, 0.3) is 0 Å². The van der Waals surface area contributed by atoms with E-state index in [0.717, 1.165) is 24.2 Å². The third kappa shape index (κ3) is 3.45. The van der Waals surface area contributed by atoms with Gasteiger partial charge in [0.15, 0.2) is 0 Å². The molecule has 0 radical (unpaired) electrons. The van der Waals surface area contributed by atoms with Crippen molar-refractivity contribution in [1.82, 2.24) is 5.32 Å². The molecule has 1 heterocycles. The molecule has 1 aromatic rings. The predicted octanol–water partition coefficient (Wildman–Crippen LogP) is 2.45. The highest BCUT2D eigenvalue weighted by Gasteiger charge is 2.08. The summed E-state index contributed by atoms with van der Waals surface area (Å²) in [6, 6.07) is 8.62. The number of halogens is 1. The van der Waals surface area contributed by atoms with Crippen LogP contribution in [0, 0.1) is 0 Å². The van der Waals surface area contributed by atoms with Crippen molar-refractivity contribution < 1.29 is 4.74 Å². The summed E-state index contributed by atoms with van der Waals surface area (Å²) in [4.78, 5) is 0. The Bertz CT molecular complexity index is 328. The summed E-state index contributed by atoms with van der Waals surface area (Å²) >= 11 is 3.42. The van der Waals surface area contributed by atoms with E-state index in [4.69, 9.17) is 4.74 Å². The summed E-state index contributed by atoms with van der Waals surface area (Å²) in [5.74, 6) is 0. The van der Waals surface area contributed by atoms with Crippen molar-refractivity contribution in [1.29, 1.82) is 0 Å². The second-order valence-electron chi connectivity index (χ2n) is 3.55. The van der Waals surface area contributed by atoms with E-state index in [1.807, 2.05) is 12.1 Å². The average Bonchev–Trinajstić information content (AvgIpc) is 2.30. The van der Waals surface area contributed by atoms with E-state index in [1.54, 1.807) is 0 Å². The van der Waals surface area contributed by atoms with E-state index in [1.165, 1.54) is 5.56 Å². The van der Waals surface area contributed by atoms with Crippen LogP contribution in [0.4, 0.5) is 0 Å². The van der Waals surface area contributed by atoms with Crippen LogP contribution >= 0.6 is 15.9 Å². The van der Waals surface area contributed by atoms with E-state index >= 15 is 0 Å². The molecule has 0 aromatic heterocycles. The zero-order valence-corrected chi connectivity index (χ0v) is 10.0. The molecule has 1 aromatic carbocycles. The van der Waals surface area contributed by atoms with Gasteiger partial charge in [0.1, 0.15) is 0 Å². The molecule has 80 valence electrons.